The molecule has 1 saturated heterocycles. The quantitative estimate of drug-likeness (QED) is 0.781. The minimum absolute atomic E-state index is 0.279. The minimum Gasteiger partial charge on any atom is -0.354 e. The predicted molar refractivity (Wildman–Crippen MR) is 101 cm³/mol. The van der Waals surface area contributed by atoms with E-state index in [0.29, 0.717) is 11.5 Å². The SMILES string of the molecule is CN1CCN(c2cc(NC(=O)c3ccc4ccccc4n3)ncn2)CC1. The van der Waals surface area contributed by atoms with Crippen molar-refractivity contribution in [3.8, 4) is 0 Å². The number of pyridine rings is 1. The molecule has 1 fully saturated rings. The summed E-state index contributed by atoms with van der Waals surface area (Å²) in [6.07, 6.45) is 1.48. The van der Waals surface area contributed by atoms with Crippen LogP contribution in [0.3, 0.4) is 0 Å². The van der Waals surface area contributed by atoms with Crippen LogP contribution in [0.25, 0.3) is 10.9 Å². The molecule has 0 aliphatic carbocycles. The molecule has 1 amide bonds. The molecule has 7 heteroatoms. The Balaban J connectivity index is 1.51. The highest BCUT2D eigenvalue weighted by Crippen LogP contribution is 2.17. The molecular weight excluding hydrogens is 328 g/mol. The molecule has 0 spiro atoms. The van der Waals surface area contributed by atoms with Gasteiger partial charge in [0.25, 0.3) is 5.91 Å². The Morgan fingerprint density at radius 1 is 1.04 bits per heavy atom. The zero-order chi connectivity index (χ0) is 17.9. The van der Waals surface area contributed by atoms with Gasteiger partial charge in [0.05, 0.1) is 5.52 Å². The van der Waals surface area contributed by atoms with Crippen molar-refractivity contribution in [1.82, 2.24) is 19.9 Å². The number of likely N-dealkylation sites (N-methyl/N-ethyl adjacent to an activating group) is 1. The average molecular weight is 348 g/mol. The van der Waals surface area contributed by atoms with Crippen LogP contribution in [0.1, 0.15) is 10.5 Å². The maximum absolute atomic E-state index is 12.5. The molecular formula is C19H20N6O. The second-order valence-electron chi connectivity index (χ2n) is 6.40. The number of nitrogens with zero attached hydrogens (tertiary/aromatic N) is 5. The van der Waals surface area contributed by atoms with Crippen LogP contribution >= 0.6 is 0 Å². The molecule has 3 heterocycles. The van der Waals surface area contributed by atoms with Crippen molar-refractivity contribution in [2.24, 2.45) is 0 Å². The molecule has 0 atom stereocenters. The highest BCUT2D eigenvalue weighted by atomic mass is 16.1. The Bertz CT molecular complexity index is 936. The molecule has 1 aromatic carbocycles. The number of hydrogen-bond donors (Lipinski definition) is 1. The summed E-state index contributed by atoms with van der Waals surface area (Å²) in [6, 6.07) is 13.1. The van der Waals surface area contributed by atoms with Gasteiger partial charge in [0.1, 0.15) is 23.7 Å². The lowest BCUT2D eigenvalue weighted by Crippen LogP contribution is -2.44. The predicted octanol–water partition coefficient (Wildman–Crippen LogP) is 2.03. The lowest BCUT2D eigenvalue weighted by molar-refractivity contribution is 0.102. The van der Waals surface area contributed by atoms with Crippen molar-refractivity contribution in [2.75, 3.05) is 43.4 Å². The molecule has 3 aromatic rings. The Hall–Kier alpha value is -3.06. The number of anilines is 2. The van der Waals surface area contributed by atoms with Gasteiger partial charge in [0, 0.05) is 37.6 Å². The van der Waals surface area contributed by atoms with E-state index in [4.69, 9.17) is 0 Å². The van der Waals surface area contributed by atoms with Crippen LogP contribution in [-0.4, -0.2) is 59.0 Å². The molecule has 1 N–H and O–H groups in total. The van der Waals surface area contributed by atoms with Gasteiger partial charge < -0.3 is 15.1 Å². The van der Waals surface area contributed by atoms with Crippen molar-refractivity contribution >= 4 is 28.4 Å². The highest BCUT2D eigenvalue weighted by molar-refractivity contribution is 6.03. The maximum Gasteiger partial charge on any atom is 0.275 e. The lowest BCUT2D eigenvalue weighted by atomic mass is 10.2. The molecule has 132 valence electrons. The minimum atomic E-state index is -0.279. The Morgan fingerprint density at radius 3 is 2.69 bits per heavy atom. The number of piperazine rings is 1. The number of aromatic nitrogens is 3. The van der Waals surface area contributed by atoms with E-state index in [1.807, 2.05) is 36.4 Å². The molecule has 7 nitrogen and oxygen atoms in total. The fraction of sp³-hybridized carbons (Fsp3) is 0.263. The summed E-state index contributed by atoms with van der Waals surface area (Å²) < 4.78 is 0. The first-order valence-electron chi connectivity index (χ1n) is 8.62. The first kappa shape index (κ1) is 16.4. The molecule has 26 heavy (non-hydrogen) atoms. The third-order valence-electron chi connectivity index (χ3n) is 4.55. The summed E-state index contributed by atoms with van der Waals surface area (Å²) in [4.78, 5) is 29.9. The van der Waals surface area contributed by atoms with Crippen LogP contribution in [0.4, 0.5) is 11.6 Å². The zero-order valence-corrected chi connectivity index (χ0v) is 14.6. The first-order chi connectivity index (χ1) is 12.7. The Kier molecular flexibility index (Phi) is 4.45. The molecule has 0 radical (unpaired) electrons. The van der Waals surface area contributed by atoms with Crippen molar-refractivity contribution in [1.29, 1.82) is 0 Å². The van der Waals surface area contributed by atoms with Gasteiger partial charge in [0.2, 0.25) is 0 Å². The summed E-state index contributed by atoms with van der Waals surface area (Å²) in [5.74, 6) is 1.03. The van der Waals surface area contributed by atoms with E-state index in [-0.39, 0.29) is 5.91 Å². The van der Waals surface area contributed by atoms with E-state index >= 15 is 0 Å². The van der Waals surface area contributed by atoms with Gasteiger partial charge in [-0.2, -0.15) is 0 Å². The van der Waals surface area contributed by atoms with E-state index in [1.54, 1.807) is 6.07 Å². The summed E-state index contributed by atoms with van der Waals surface area (Å²) >= 11 is 0. The lowest BCUT2D eigenvalue weighted by Gasteiger charge is -2.33. The van der Waals surface area contributed by atoms with Gasteiger partial charge in [0.15, 0.2) is 0 Å². The average Bonchev–Trinajstić information content (AvgIpc) is 2.68. The number of fused-ring (bicyclic) bond motifs is 1. The molecule has 2 aromatic heterocycles. The number of amides is 1. The third-order valence-corrected chi connectivity index (χ3v) is 4.55. The summed E-state index contributed by atoms with van der Waals surface area (Å²) in [7, 11) is 2.11. The summed E-state index contributed by atoms with van der Waals surface area (Å²) in [5.41, 5.74) is 1.16. The second kappa shape index (κ2) is 7.05. The van der Waals surface area contributed by atoms with Gasteiger partial charge >= 0.3 is 0 Å². The van der Waals surface area contributed by atoms with Gasteiger partial charge in [-0.05, 0) is 19.2 Å². The van der Waals surface area contributed by atoms with Gasteiger partial charge in [-0.15, -0.1) is 0 Å². The van der Waals surface area contributed by atoms with Crippen molar-refractivity contribution in [3.05, 3.63) is 54.5 Å². The fourth-order valence-electron chi connectivity index (χ4n) is 3.00. The van der Waals surface area contributed by atoms with E-state index in [2.05, 4.69) is 37.1 Å². The molecule has 1 aliphatic heterocycles. The smallest absolute Gasteiger partial charge is 0.275 e. The van der Waals surface area contributed by atoms with E-state index < -0.39 is 0 Å². The standard InChI is InChI=1S/C19H20N6O/c1-24-8-10-25(11-9-24)18-12-17(20-13-21-18)23-19(26)16-7-6-14-4-2-3-5-15(14)22-16/h2-7,12-13H,8-11H2,1H3,(H,20,21,23,26). The molecule has 1 aliphatic rings. The summed E-state index contributed by atoms with van der Waals surface area (Å²) in [5, 5.41) is 3.82. The van der Waals surface area contributed by atoms with E-state index in [1.165, 1.54) is 6.33 Å². The van der Waals surface area contributed by atoms with E-state index in [0.717, 1.165) is 42.9 Å². The van der Waals surface area contributed by atoms with Crippen LogP contribution in [0.5, 0.6) is 0 Å². The number of rotatable bonds is 3. The van der Waals surface area contributed by atoms with Crippen LogP contribution in [0.15, 0.2) is 48.8 Å². The fourth-order valence-corrected chi connectivity index (χ4v) is 3.00. The Labute approximate surface area is 151 Å². The maximum atomic E-state index is 12.5. The van der Waals surface area contributed by atoms with E-state index in [9.17, 15) is 4.79 Å². The van der Waals surface area contributed by atoms with Gasteiger partial charge in [-0.1, -0.05) is 24.3 Å². The van der Waals surface area contributed by atoms with Crippen molar-refractivity contribution < 1.29 is 4.79 Å². The number of carbonyl (C=O) groups excluding carboxylic acids is 1. The topological polar surface area (TPSA) is 74.2 Å². The monoisotopic (exact) mass is 348 g/mol. The number of carbonyl (C=O) groups is 1. The largest absolute Gasteiger partial charge is 0.354 e. The molecule has 4 rings (SSSR count). The highest BCUT2D eigenvalue weighted by Gasteiger charge is 2.16. The van der Waals surface area contributed by atoms with Gasteiger partial charge in [-0.25, -0.2) is 15.0 Å². The van der Waals surface area contributed by atoms with Crippen molar-refractivity contribution in [3.63, 3.8) is 0 Å². The first-order valence-corrected chi connectivity index (χ1v) is 8.62. The van der Waals surface area contributed by atoms with Crippen LogP contribution in [0, 0.1) is 0 Å². The van der Waals surface area contributed by atoms with Crippen LogP contribution < -0.4 is 10.2 Å². The number of nitrogens with one attached hydrogen (secondary N) is 1. The Morgan fingerprint density at radius 2 is 1.85 bits per heavy atom. The normalized spacial score (nSPS) is 15.2. The number of para-hydroxylation sites is 1. The van der Waals surface area contributed by atoms with Crippen LogP contribution in [0.2, 0.25) is 0 Å². The molecule has 0 saturated carbocycles. The summed E-state index contributed by atoms with van der Waals surface area (Å²) in [6.45, 7) is 3.81. The van der Waals surface area contributed by atoms with Crippen molar-refractivity contribution in [2.45, 2.75) is 0 Å². The van der Waals surface area contributed by atoms with Crippen LogP contribution in [-0.2, 0) is 0 Å². The second-order valence-corrected chi connectivity index (χ2v) is 6.40. The number of benzene rings is 1. The van der Waals surface area contributed by atoms with Gasteiger partial charge in [-0.3, -0.25) is 4.79 Å². The zero-order valence-electron chi connectivity index (χ0n) is 14.6. The number of hydrogen-bond acceptors (Lipinski definition) is 6. The molecule has 0 unspecified atom stereocenters. The third kappa shape index (κ3) is 3.48. The molecule has 0 bridgehead atoms.